The lowest BCUT2D eigenvalue weighted by atomic mass is 9.77. The van der Waals surface area contributed by atoms with Crippen molar-refractivity contribution in [2.45, 2.75) is 45.1 Å². The van der Waals surface area contributed by atoms with Crippen molar-refractivity contribution in [3.63, 3.8) is 0 Å². The van der Waals surface area contributed by atoms with Crippen LogP contribution in [0, 0.1) is 0 Å². The van der Waals surface area contributed by atoms with Crippen molar-refractivity contribution in [2.75, 3.05) is 0 Å². The molecule has 1 fully saturated rings. The van der Waals surface area contributed by atoms with Crippen molar-refractivity contribution < 1.29 is 22.5 Å². The van der Waals surface area contributed by atoms with E-state index in [0.29, 0.717) is 10.8 Å². The van der Waals surface area contributed by atoms with Crippen LogP contribution in [-0.4, -0.2) is 23.3 Å². The summed E-state index contributed by atoms with van der Waals surface area (Å²) in [6.07, 6.45) is -2.92. The number of aromatic nitrogens is 1. The molecule has 3 rings (SSSR count). The topological polar surface area (TPSA) is 31.4 Å². The number of pyridine rings is 1. The molecular formula is C16H17BF3NO2. The summed E-state index contributed by atoms with van der Waals surface area (Å²) in [6, 6.07) is 5.24. The summed E-state index contributed by atoms with van der Waals surface area (Å²) in [7, 11) is -0.637. The van der Waals surface area contributed by atoms with Crippen LogP contribution in [0.15, 0.2) is 30.5 Å². The number of benzene rings is 1. The first-order valence-electron chi connectivity index (χ1n) is 7.33. The second-order valence-electron chi connectivity index (χ2n) is 6.72. The van der Waals surface area contributed by atoms with Crippen LogP contribution in [0.5, 0.6) is 0 Å². The molecule has 0 unspecified atom stereocenters. The molecule has 0 radical (unpaired) electrons. The fraction of sp³-hybridized carbons (Fsp3) is 0.438. The summed E-state index contributed by atoms with van der Waals surface area (Å²) in [4.78, 5) is 4.05. The molecule has 0 saturated carbocycles. The zero-order valence-electron chi connectivity index (χ0n) is 13.4. The number of rotatable bonds is 1. The van der Waals surface area contributed by atoms with Gasteiger partial charge in [0.25, 0.3) is 0 Å². The molecule has 0 atom stereocenters. The molecule has 0 spiro atoms. The van der Waals surface area contributed by atoms with Crippen molar-refractivity contribution in [1.29, 1.82) is 0 Å². The first-order valence-corrected chi connectivity index (χ1v) is 7.33. The monoisotopic (exact) mass is 323 g/mol. The summed E-state index contributed by atoms with van der Waals surface area (Å²) in [5.41, 5.74) is -0.795. The summed E-state index contributed by atoms with van der Waals surface area (Å²) >= 11 is 0. The zero-order chi connectivity index (χ0) is 17.0. The van der Waals surface area contributed by atoms with Crippen LogP contribution < -0.4 is 5.46 Å². The van der Waals surface area contributed by atoms with Crippen molar-refractivity contribution >= 4 is 23.5 Å². The summed E-state index contributed by atoms with van der Waals surface area (Å²) < 4.78 is 50.5. The van der Waals surface area contributed by atoms with Gasteiger partial charge in [0, 0.05) is 6.20 Å². The summed E-state index contributed by atoms with van der Waals surface area (Å²) in [5.74, 6) is 0. The van der Waals surface area contributed by atoms with E-state index in [1.807, 2.05) is 27.7 Å². The Kier molecular flexibility index (Phi) is 3.50. The lowest BCUT2D eigenvalue weighted by molar-refractivity contribution is -0.137. The van der Waals surface area contributed by atoms with Crippen molar-refractivity contribution in [3.05, 3.63) is 36.0 Å². The fourth-order valence-electron chi connectivity index (χ4n) is 2.52. The minimum absolute atomic E-state index is 0.270. The van der Waals surface area contributed by atoms with E-state index in [9.17, 15) is 13.2 Å². The third-order valence-corrected chi connectivity index (χ3v) is 4.61. The van der Waals surface area contributed by atoms with E-state index in [1.54, 1.807) is 6.07 Å². The van der Waals surface area contributed by atoms with Crippen LogP contribution in [0.2, 0.25) is 0 Å². The van der Waals surface area contributed by atoms with Crippen LogP contribution in [0.1, 0.15) is 33.3 Å². The lowest BCUT2D eigenvalue weighted by Gasteiger charge is -2.32. The van der Waals surface area contributed by atoms with Gasteiger partial charge in [-0.2, -0.15) is 13.2 Å². The van der Waals surface area contributed by atoms with Gasteiger partial charge in [0.2, 0.25) is 0 Å². The number of alkyl halides is 3. The van der Waals surface area contributed by atoms with Crippen molar-refractivity contribution in [1.82, 2.24) is 4.98 Å². The second-order valence-corrected chi connectivity index (χ2v) is 6.72. The molecule has 0 N–H and O–H groups in total. The van der Waals surface area contributed by atoms with Crippen LogP contribution >= 0.6 is 0 Å². The molecule has 0 aliphatic carbocycles. The van der Waals surface area contributed by atoms with Gasteiger partial charge in [0.1, 0.15) is 0 Å². The Hall–Kier alpha value is -1.60. The summed E-state index contributed by atoms with van der Waals surface area (Å²) in [6.45, 7) is 7.71. The molecule has 2 aromatic rings. The van der Waals surface area contributed by atoms with Gasteiger partial charge in [-0.05, 0) is 56.7 Å². The normalized spacial score (nSPS) is 20.2. The lowest BCUT2D eigenvalue weighted by Crippen LogP contribution is -2.41. The maximum atomic E-state index is 12.8. The minimum atomic E-state index is -4.39. The second kappa shape index (κ2) is 4.95. The maximum absolute atomic E-state index is 12.8. The minimum Gasteiger partial charge on any atom is -0.399 e. The standard InChI is InChI=1S/C16H17BF3NO2/c1-14(2)15(3,4)23-17(22-14)12-7-8-21-13-9-10(16(18,19)20)5-6-11(12)13/h5-9H,1-4H3. The van der Waals surface area contributed by atoms with E-state index in [1.165, 1.54) is 12.3 Å². The molecule has 1 aliphatic heterocycles. The quantitative estimate of drug-likeness (QED) is 0.752. The Morgan fingerprint density at radius 1 is 1.00 bits per heavy atom. The molecule has 23 heavy (non-hydrogen) atoms. The van der Waals surface area contributed by atoms with Gasteiger partial charge in [0.15, 0.2) is 0 Å². The Labute approximate surface area is 132 Å². The van der Waals surface area contributed by atoms with E-state index >= 15 is 0 Å². The van der Waals surface area contributed by atoms with E-state index < -0.39 is 30.1 Å². The van der Waals surface area contributed by atoms with E-state index in [2.05, 4.69) is 4.98 Å². The Bertz CT molecular complexity index is 743. The number of hydrogen-bond donors (Lipinski definition) is 0. The van der Waals surface area contributed by atoms with Gasteiger partial charge in [0.05, 0.1) is 22.3 Å². The number of fused-ring (bicyclic) bond motifs is 1. The molecule has 7 heteroatoms. The third kappa shape index (κ3) is 2.72. The van der Waals surface area contributed by atoms with Crippen LogP contribution in [-0.2, 0) is 15.5 Å². The Morgan fingerprint density at radius 3 is 2.17 bits per heavy atom. The van der Waals surface area contributed by atoms with Crippen LogP contribution in [0.4, 0.5) is 13.2 Å². The van der Waals surface area contributed by atoms with E-state index in [4.69, 9.17) is 9.31 Å². The summed E-state index contributed by atoms with van der Waals surface area (Å²) in [5, 5.41) is 0.596. The first kappa shape index (κ1) is 16.3. The molecule has 2 heterocycles. The van der Waals surface area contributed by atoms with Gasteiger partial charge >= 0.3 is 13.3 Å². The highest BCUT2D eigenvalue weighted by Crippen LogP contribution is 2.37. The van der Waals surface area contributed by atoms with Gasteiger partial charge < -0.3 is 9.31 Å². The maximum Gasteiger partial charge on any atom is 0.495 e. The molecule has 1 aliphatic rings. The first-order chi connectivity index (χ1) is 10.5. The molecule has 0 bridgehead atoms. The largest absolute Gasteiger partial charge is 0.495 e. The Morgan fingerprint density at radius 2 is 1.61 bits per heavy atom. The van der Waals surface area contributed by atoms with Gasteiger partial charge in [-0.3, -0.25) is 4.98 Å². The molecule has 1 aromatic heterocycles. The molecule has 3 nitrogen and oxygen atoms in total. The number of hydrogen-bond acceptors (Lipinski definition) is 3. The highest BCUT2D eigenvalue weighted by atomic mass is 19.4. The fourth-order valence-corrected chi connectivity index (χ4v) is 2.52. The molecular weight excluding hydrogens is 306 g/mol. The van der Waals surface area contributed by atoms with Gasteiger partial charge in [-0.1, -0.05) is 6.07 Å². The van der Waals surface area contributed by atoms with Crippen molar-refractivity contribution in [3.8, 4) is 0 Å². The third-order valence-electron chi connectivity index (χ3n) is 4.61. The van der Waals surface area contributed by atoms with Crippen LogP contribution in [0.3, 0.4) is 0 Å². The smallest absolute Gasteiger partial charge is 0.399 e. The predicted octanol–water partition coefficient (Wildman–Crippen LogP) is 3.55. The van der Waals surface area contributed by atoms with Gasteiger partial charge in [-0.15, -0.1) is 0 Å². The molecule has 122 valence electrons. The van der Waals surface area contributed by atoms with Gasteiger partial charge in [-0.25, -0.2) is 0 Å². The highest BCUT2D eigenvalue weighted by Gasteiger charge is 2.52. The van der Waals surface area contributed by atoms with E-state index in [0.717, 1.165) is 12.1 Å². The highest BCUT2D eigenvalue weighted by molar-refractivity contribution is 6.65. The van der Waals surface area contributed by atoms with E-state index in [-0.39, 0.29) is 5.52 Å². The van der Waals surface area contributed by atoms with Crippen LogP contribution in [0.25, 0.3) is 10.9 Å². The number of halogens is 3. The average Bonchev–Trinajstić information content (AvgIpc) is 2.65. The molecule has 1 aromatic carbocycles. The SMILES string of the molecule is CC1(C)OB(c2ccnc3cc(C(F)(F)F)ccc23)OC1(C)C. The average molecular weight is 323 g/mol. The molecule has 0 amide bonds. The zero-order valence-corrected chi connectivity index (χ0v) is 13.4. The molecule has 1 saturated heterocycles. The van der Waals surface area contributed by atoms with Crippen molar-refractivity contribution in [2.24, 2.45) is 0 Å². The predicted molar refractivity (Wildman–Crippen MR) is 82.5 cm³/mol. The Balaban J connectivity index is 2.07. The number of nitrogens with zero attached hydrogens (tertiary/aromatic N) is 1.